The van der Waals surface area contributed by atoms with Crippen molar-refractivity contribution in [3.05, 3.63) is 5.82 Å². The number of rotatable bonds is 4. The van der Waals surface area contributed by atoms with Crippen molar-refractivity contribution in [3.63, 3.8) is 0 Å². The molecule has 3 nitrogen and oxygen atoms in total. The minimum absolute atomic E-state index is 0.124. The van der Waals surface area contributed by atoms with E-state index >= 15 is 0 Å². The molecule has 0 saturated heterocycles. The minimum atomic E-state index is -4.20. The Labute approximate surface area is 95.2 Å². The topological polar surface area (TPSA) is 37.8 Å². The van der Waals surface area contributed by atoms with Crippen LogP contribution in [0.25, 0.3) is 0 Å². The first-order valence-electron chi connectivity index (χ1n) is 5.14. The molecule has 1 saturated carbocycles. The van der Waals surface area contributed by atoms with Crippen LogP contribution >= 0.6 is 11.5 Å². The number of anilines is 1. The van der Waals surface area contributed by atoms with Gasteiger partial charge in [0.15, 0.2) is 0 Å². The van der Waals surface area contributed by atoms with Gasteiger partial charge in [-0.15, -0.1) is 0 Å². The van der Waals surface area contributed by atoms with Crippen LogP contribution in [-0.4, -0.2) is 21.1 Å². The van der Waals surface area contributed by atoms with Crippen molar-refractivity contribution in [3.8, 4) is 0 Å². The van der Waals surface area contributed by atoms with E-state index in [9.17, 15) is 13.2 Å². The van der Waals surface area contributed by atoms with Gasteiger partial charge >= 0.3 is 6.18 Å². The summed E-state index contributed by atoms with van der Waals surface area (Å²) in [5.74, 6) is 0.618. The lowest BCUT2D eigenvalue weighted by molar-refractivity contribution is -0.151. The largest absolute Gasteiger partial charge is 0.411 e. The molecule has 1 N–H and O–H groups in total. The Balaban J connectivity index is 2.04. The Morgan fingerprint density at radius 1 is 1.44 bits per heavy atom. The summed E-state index contributed by atoms with van der Waals surface area (Å²) < 4.78 is 41.9. The monoisotopic (exact) mass is 251 g/mol. The van der Waals surface area contributed by atoms with Gasteiger partial charge in [0.05, 0.1) is 0 Å². The maximum atomic E-state index is 12.6. The molecule has 90 valence electrons. The standard InChI is InChI=1S/C9H12F3N3S/c1-2-3-6-13-7(16-15-6)14-8(4-5-8)9(10,11)12/h2-5H2,1H3,(H,13,14,15). The highest BCUT2D eigenvalue weighted by atomic mass is 32.1. The highest BCUT2D eigenvalue weighted by molar-refractivity contribution is 7.09. The molecule has 2 rings (SSSR count). The van der Waals surface area contributed by atoms with Crippen molar-refractivity contribution < 1.29 is 13.2 Å². The number of hydrogen-bond donors (Lipinski definition) is 1. The zero-order chi connectivity index (χ0) is 11.8. The molecule has 1 aromatic rings. The van der Waals surface area contributed by atoms with Gasteiger partial charge in [-0.25, -0.2) is 4.98 Å². The highest BCUT2D eigenvalue weighted by Crippen LogP contribution is 2.51. The summed E-state index contributed by atoms with van der Waals surface area (Å²) in [4.78, 5) is 4.03. The highest BCUT2D eigenvalue weighted by Gasteiger charge is 2.64. The molecule has 0 spiro atoms. The zero-order valence-corrected chi connectivity index (χ0v) is 9.58. The van der Waals surface area contributed by atoms with Gasteiger partial charge in [0.2, 0.25) is 5.13 Å². The van der Waals surface area contributed by atoms with Crippen molar-refractivity contribution in [2.24, 2.45) is 0 Å². The number of nitrogens with one attached hydrogen (secondary N) is 1. The van der Waals surface area contributed by atoms with E-state index in [1.807, 2.05) is 6.92 Å². The lowest BCUT2D eigenvalue weighted by Gasteiger charge is -2.19. The molecule has 0 aromatic carbocycles. The molecule has 1 heterocycles. The molecule has 0 unspecified atom stereocenters. The van der Waals surface area contributed by atoms with Crippen LogP contribution in [0.5, 0.6) is 0 Å². The van der Waals surface area contributed by atoms with E-state index in [0.29, 0.717) is 12.2 Å². The smallest absolute Gasteiger partial charge is 0.346 e. The van der Waals surface area contributed by atoms with Crippen LogP contribution in [-0.2, 0) is 6.42 Å². The Hall–Kier alpha value is -0.850. The van der Waals surface area contributed by atoms with Crippen LogP contribution in [0.15, 0.2) is 0 Å². The zero-order valence-electron chi connectivity index (χ0n) is 8.76. The van der Waals surface area contributed by atoms with E-state index < -0.39 is 11.7 Å². The Kier molecular flexibility index (Phi) is 2.81. The van der Waals surface area contributed by atoms with Crippen molar-refractivity contribution in [2.45, 2.75) is 44.3 Å². The van der Waals surface area contributed by atoms with Crippen LogP contribution in [0.2, 0.25) is 0 Å². The Bertz CT molecular complexity index is 370. The van der Waals surface area contributed by atoms with E-state index in [-0.39, 0.29) is 18.0 Å². The lowest BCUT2D eigenvalue weighted by atomic mass is 10.3. The molecule has 1 fully saturated rings. The molecule has 0 aliphatic heterocycles. The number of hydrogen-bond acceptors (Lipinski definition) is 4. The molecular formula is C9H12F3N3S. The number of halogens is 3. The predicted octanol–water partition coefficient (Wildman–Crippen LogP) is 3.00. The maximum Gasteiger partial charge on any atom is 0.411 e. The molecule has 1 aliphatic carbocycles. The summed E-state index contributed by atoms with van der Waals surface area (Å²) in [5.41, 5.74) is -1.74. The summed E-state index contributed by atoms with van der Waals surface area (Å²) in [6, 6.07) is 0. The van der Waals surface area contributed by atoms with E-state index in [4.69, 9.17) is 0 Å². The van der Waals surface area contributed by atoms with Gasteiger partial charge in [-0.2, -0.15) is 17.5 Å². The summed E-state index contributed by atoms with van der Waals surface area (Å²) in [6.45, 7) is 1.98. The molecule has 16 heavy (non-hydrogen) atoms. The number of aromatic nitrogens is 2. The molecule has 0 radical (unpaired) electrons. The van der Waals surface area contributed by atoms with Crippen molar-refractivity contribution >= 4 is 16.7 Å². The van der Waals surface area contributed by atoms with Gasteiger partial charge < -0.3 is 5.32 Å². The number of aryl methyl sites for hydroxylation is 1. The molecule has 0 bridgehead atoms. The van der Waals surface area contributed by atoms with Gasteiger partial charge in [-0.3, -0.25) is 0 Å². The average Bonchev–Trinajstić information content (AvgIpc) is 2.83. The third-order valence-electron chi connectivity index (χ3n) is 2.58. The van der Waals surface area contributed by atoms with Gasteiger partial charge in [0.1, 0.15) is 11.4 Å². The third kappa shape index (κ3) is 2.14. The predicted molar refractivity (Wildman–Crippen MR) is 55.5 cm³/mol. The normalized spacial score (nSPS) is 18.5. The SMILES string of the molecule is CCCc1nsc(NC2(C(F)(F)F)CC2)n1. The van der Waals surface area contributed by atoms with Crippen LogP contribution in [0.3, 0.4) is 0 Å². The molecule has 0 atom stereocenters. The number of alkyl halides is 3. The van der Waals surface area contributed by atoms with Gasteiger partial charge in [-0.05, 0) is 19.3 Å². The fourth-order valence-corrected chi connectivity index (χ4v) is 2.15. The number of nitrogens with zero attached hydrogens (tertiary/aromatic N) is 2. The van der Waals surface area contributed by atoms with Crippen molar-refractivity contribution in [1.29, 1.82) is 0 Å². The van der Waals surface area contributed by atoms with E-state index in [1.54, 1.807) is 0 Å². The first-order valence-corrected chi connectivity index (χ1v) is 5.92. The second kappa shape index (κ2) is 3.87. The first-order chi connectivity index (χ1) is 7.47. The Morgan fingerprint density at radius 3 is 2.62 bits per heavy atom. The van der Waals surface area contributed by atoms with Gasteiger partial charge in [0, 0.05) is 18.0 Å². The summed E-state index contributed by atoms with van der Waals surface area (Å²) in [5, 5.41) is 2.74. The van der Waals surface area contributed by atoms with E-state index in [1.165, 1.54) is 0 Å². The van der Waals surface area contributed by atoms with Crippen molar-refractivity contribution in [1.82, 2.24) is 9.36 Å². The molecule has 1 aliphatic rings. The minimum Gasteiger partial charge on any atom is -0.346 e. The van der Waals surface area contributed by atoms with Crippen molar-refractivity contribution in [2.75, 3.05) is 5.32 Å². The molecule has 1 aromatic heterocycles. The average molecular weight is 251 g/mol. The maximum absolute atomic E-state index is 12.6. The summed E-state index contributed by atoms with van der Waals surface area (Å²) in [6.07, 6.45) is -2.36. The lowest BCUT2D eigenvalue weighted by Crippen LogP contribution is -2.38. The van der Waals surface area contributed by atoms with Crippen LogP contribution in [0.4, 0.5) is 18.3 Å². The summed E-state index contributed by atoms with van der Waals surface area (Å²) >= 11 is 1.00. The van der Waals surface area contributed by atoms with Crippen LogP contribution in [0.1, 0.15) is 32.0 Å². The molecular weight excluding hydrogens is 239 g/mol. The molecule has 7 heteroatoms. The fourth-order valence-electron chi connectivity index (χ4n) is 1.44. The van der Waals surface area contributed by atoms with Gasteiger partial charge in [0.25, 0.3) is 0 Å². The second-order valence-electron chi connectivity index (χ2n) is 3.97. The quantitative estimate of drug-likeness (QED) is 0.893. The molecule has 0 amide bonds. The van der Waals surface area contributed by atoms with E-state index in [0.717, 1.165) is 18.0 Å². The van der Waals surface area contributed by atoms with Gasteiger partial charge in [-0.1, -0.05) is 6.92 Å². The first kappa shape index (κ1) is 11.6. The van der Waals surface area contributed by atoms with Crippen LogP contribution < -0.4 is 5.32 Å². The third-order valence-corrected chi connectivity index (χ3v) is 3.25. The fraction of sp³-hybridized carbons (Fsp3) is 0.778. The Morgan fingerprint density at radius 2 is 2.12 bits per heavy atom. The summed E-state index contributed by atoms with van der Waals surface area (Å²) in [7, 11) is 0. The van der Waals surface area contributed by atoms with Crippen LogP contribution in [0, 0.1) is 0 Å². The van der Waals surface area contributed by atoms with E-state index in [2.05, 4.69) is 14.7 Å². The second-order valence-corrected chi connectivity index (χ2v) is 4.72.